The van der Waals surface area contributed by atoms with Crippen molar-refractivity contribution in [3.8, 4) is 11.5 Å². The van der Waals surface area contributed by atoms with Gasteiger partial charge in [-0.3, -0.25) is 9.69 Å². The van der Waals surface area contributed by atoms with Gasteiger partial charge in [-0.15, -0.1) is 0 Å². The number of hydrogen-bond donors (Lipinski definition) is 0. The molecule has 1 aliphatic heterocycles. The summed E-state index contributed by atoms with van der Waals surface area (Å²) in [6, 6.07) is 20.1. The van der Waals surface area contributed by atoms with Crippen molar-refractivity contribution < 1.29 is 22.1 Å². The van der Waals surface area contributed by atoms with Crippen LogP contribution >= 0.6 is 24.0 Å². The Kier molecular flexibility index (Phi) is 7.15. The van der Waals surface area contributed by atoms with Crippen molar-refractivity contribution in [3.05, 3.63) is 83.3 Å². The van der Waals surface area contributed by atoms with Crippen LogP contribution in [0.5, 0.6) is 11.5 Å². The molecular weight excluding hydrogens is 504 g/mol. The minimum Gasteiger partial charge on any atom is -0.493 e. The molecule has 1 saturated heterocycles. The van der Waals surface area contributed by atoms with Crippen molar-refractivity contribution >= 4 is 61.8 Å². The molecule has 0 spiro atoms. The number of carbonyl (C=O) groups is 1. The lowest BCUT2D eigenvalue weighted by atomic mass is 10.2. The minimum absolute atomic E-state index is 0.0356. The van der Waals surface area contributed by atoms with Crippen LogP contribution in [0.4, 0.5) is 11.4 Å². The van der Waals surface area contributed by atoms with Crippen LogP contribution in [0.2, 0.25) is 0 Å². The molecule has 7 nitrogen and oxygen atoms in total. The second kappa shape index (κ2) is 10.1. The quantitative estimate of drug-likeness (QED) is 0.244. The molecule has 0 N–H and O–H groups in total. The summed E-state index contributed by atoms with van der Waals surface area (Å²) in [5, 5.41) is 0. The third-order valence-corrected chi connectivity index (χ3v) is 7.69. The molecule has 0 radical (unpaired) electrons. The molecule has 0 atom stereocenters. The molecule has 180 valence electrons. The number of anilines is 2. The molecule has 4 rings (SSSR count). The predicted octanol–water partition coefficient (Wildman–Crippen LogP) is 4.93. The van der Waals surface area contributed by atoms with Gasteiger partial charge >= 0.3 is 10.1 Å². The Morgan fingerprint density at radius 2 is 1.66 bits per heavy atom. The van der Waals surface area contributed by atoms with Crippen LogP contribution in [0.3, 0.4) is 0 Å². The monoisotopic (exact) mass is 526 g/mol. The Hall–Kier alpha value is -3.34. The SMILES string of the molecule is COc1cc(/C=C2\SC(=S)N(c3ccc(N(C)C)cc3)C2=O)ccc1OS(=O)(=O)c1ccccc1. The van der Waals surface area contributed by atoms with Crippen molar-refractivity contribution in [1.29, 1.82) is 0 Å². The van der Waals surface area contributed by atoms with Crippen LogP contribution in [0, 0.1) is 0 Å². The minimum atomic E-state index is -4.02. The summed E-state index contributed by atoms with van der Waals surface area (Å²) in [4.78, 5) is 17.1. The molecule has 0 aliphatic carbocycles. The largest absolute Gasteiger partial charge is 0.493 e. The number of nitrogens with zero attached hydrogens (tertiary/aromatic N) is 2. The lowest BCUT2D eigenvalue weighted by Gasteiger charge is -2.17. The number of thioether (sulfide) groups is 1. The third-order valence-electron chi connectivity index (χ3n) is 5.13. The van der Waals surface area contributed by atoms with E-state index < -0.39 is 10.1 Å². The van der Waals surface area contributed by atoms with E-state index in [-0.39, 0.29) is 22.3 Å². The van der Waals surface area contributed by atoms with Gasteiger partial charge in [-0.2, -0.15) is 8.42 Å². The molecule has 35 heavy (non-hydrogen) atoms. The van der Waals surface area contributed by atoms with Crippen molar-refractivity contribution in [2.45, 2.75) is 4.90 Å². The molecule has 0 aromatic heterocycles. The van der Waals surface area contributed by atoms with Crippen LogP contribution in [0.1, 0.15) is 5.56 Å². The van der Waals surface area contributed by atoms with Gasteiger partial charge in [-0.1, -0.05) is 48.2 Å². The molecule has 1 amide bonds. The Morgan fingerprint density at radius 1 is 0.971 bits per heavy atom. The van der Waals surface area contributed by atoms with E-state index in [1.54, 1.807) is 36.4 Å². The fourth-order valence-corrected chi connectivity index (χ4v) is 5.60. The standard InChI is InChI=1S/C25H22N2O5S3/c1-26(2)18-10-12-19(13-11-18)27-24(28)23(34-25(27)33)16-17-9-14-21(22(15-17)31-3)32-35(29,30)20-7-5-4-6-8-20/h4-16H,1-3H3/b23-16-. The van der Waals surface area contributed by atoms with Gasteiger partial charge in [0.1, 0.15) is 4.90 Å². The third kappa shape index (κ3) is 5.34. The number of thiocarbonyl (C=S) groups is 1. The van der Waals surface area contributed by atoms with Crippen molar-refractivity contribution in [1.82, 2.24) is 0 Å². The average Bonchev–Trinajstić information content (AvgIpc) is 3.12. The summed E-state index contributed by atoms with van der Waals surface area (Å²) < 4.78 is 36.2. The number of rotatable bonds is 7. The highest BCUT2D eigenvalue weighted by atomic mass is 32.2. The van der Waals surface area contributed by atoms with Gasteiger partial charge < -0.3 is 13.8 Å². The maximum Gasteiger partial charge on any atom is 0.339 e. The molecule has 10 heteroatoms. The number of amides is 1. The maximum atomic E-state index is 13.1. The zero-order valence-corrected chi connectivity index (χ0v) is 21.6. The molecule has 0 bridgehead atoms. The predicted molar refractivity (Wildman–Crippen MR) is 144 cm³/mol. The van der Waals surface area contributed by atoms with E-state index in [2.05, 4.69) is 0 Å². The van der Waals surface area contributed by atoms with Gasteiger partial charge in [0.2, 0.25) is 0 Å². The number of benzene rings is 3. The van der Waals surface area contributed by atoms with E-state index in [1.807, 2.05) is 43.3 Å². The molecule has 1 aliphatic rings. The summed E-state index contributed by atoms with van der Waals surface area (Å²) in [5.41, 5.74) is 2.34. The van der Waals surface area contributed by atoms with Crippen molar-refractivity contribution in [3.63, 3.8) is 0 Å². The molecule has 0 saturated carbocycles. The van der Waals surface area contributed by atoms with E-state index in [0.29, 0.717) is 20.5 Å². The first-order chi connectivity index (χ1) is 16.7. The number of hydrogen-bond acceptors (Lipinski definition) is 8. The van der Waals surface area contributed by atoms with Crippen LogP contribution in [0.15, 0.2) is 82.6 Å². The number of ether oxygens (including phenoxy) is 1. The molecule has 1 heterocycles. The van der Waals surface area contributed by atoms with E-state index in [0.717, 1.165) is 5.69 Å². The van der Waals surface area contributed by atoms with Gasteiger partial charge in [0.05, 0.1) is 17.7 Å². The average molecular weight is 527 g/mol. The number of methoxy groups -OCH3 is 1. The van der Waals surface area contributed by atoms with Crippen LogP contribution in [0.25, 0.3) is 6.08 Å². The molecule has 3 aromatic rings. The van der Waals surface area contributed by atoms with E-state index in [9.17, 15) is 13.2 Å². The van der Waals surface area contributed by atoms with Crippen LogP contribution in [-0.4, -0.2) is 39.9 Å². The normalized spacial score (nSPS) is 14.9. The Balaban J connectivity index is 1.58. The zero-order valence-electron chi connectivity index (χ0n) is 19.2. The smallest absolute Gasteiger partial charge is 0.339 e. The summed E-state index contributed by atoms with van der Waals surface area (Å²) >= 11 is 6.66. The van der Waals surface area contributed by atoms with Crippen LogP contribution in [-0.2, 0) is 14.9 Å². The van der Waals surface area contributed by atoms with Crippen molar-refractivity contribution in [2.24, 2.45) is 0 Å². The molecule has 1 fully saturated rings. The van der Waals surface area contributed by atoms with Gasteiger partial charge in [-0.25, -0.2) is 0 Å². The summed E-state index contributed by atoms with van der Waals surface area (Å²) in [5.74, 6) is 0.0265. The summed E-state index contributed by atoms with van der Waals surface area (Å²) in [7, 11) is 1.28. The summed E-state index contributed by atoms with van der Waals surface area (Å²) in [6.45, 7) is 0. The van der Waals surface area contributed by atoms with E-state index >= 15 is 0 Å². The van der Waals surface area contributed by atoms with E-state index in [4.69, 9.17) is 21.1 Å². The first kappa shape index (κ1) is 24.8. The van der Waals surface area contributed by atoms with Crippen LogP contribution < -0.4 is 18.7 Å². The highest BCUT2D eigenvalue weighted by Gasteiger charge is 2.33. The topological polar surface area (TPSA) is 76.2 Å². The first-order valence-electron chi connectivity index (χ1n) is 10.4. The molecule has 3 aromatic carbocycles. The van der Waals surface area contributed by atoms with Gasteiger partial charge in [0, 0.05) is 19.8 Å². The van der Waals surface area contributed by atoms with Gasteiger partial charge in [-0.05, 0) is 60.2 Å². The Labute approximate surface area is 214 Å². The van der Waals surface area contributed by atoms with Crippen molar-refractivity contribution in [2.75, 3.05) is 31.0 Å². The van der Waals surface area contributed by atoms with E-state index in [1.165, 1.54) is 42.0 Å². The second-order valence-corrected chi connectivity index (χ2v) is 10.9. The number of carbonyl (C=O) groups excluding carboxylic acids is 1. The highest BCUT2D eigenvalue weighted by Crippen LogP contribution is 2.38. The highest BCUT2D eigenvalue weighted by molar-refractivity contribution is 8.27. The zero-order chi connectivity index (χ0) is 25.2. The van der Waals surface area contributed by atoms with Gasteiger partial charge in [0.15, 0.2) is 15.8 Å². The Morgan fingerprint density at radius 3 is 2.29 bits per heavy atom. The fourth-order valence-electron chi connectivity index (χ4n) is 3.34. The Bertz CT molecular complexity index is 1400. The fraction of sp³-hybridized carbons (Fsp3) is 0.120. The lowest BCUT2D eigenvalue weighted by Crippen LogP contribution is -2.27. The first-order valence-corrected chi connectivity index (χ1v) is 13.1. The summed E-state index contributed by atoms with van der Waals surface area (Å²) in [6.07, 6.45) is 1.69. The van der Waals surface area contributed by atoms with Gasteiger partial charge in [0.25, 0.3) is 5.91 Å². The molecule has 0 unspecified atom stereocenters. The molecular formula is C25H22N2O5S3. The second-order valence-electron chi connectivity index (χ2n) is 7.69. The maximum absolute atomic E-state index is 13.1. The lowest BCUT2D eigenvalue weighted by molar-refractivity contribution is -0.113.